The Bertz CT molecular complexity index is 905. The highest BCUT2D eigenvalue weighted by molar-refractivity contribution is 5.86. The van der Waals surface area contributed by atoms with Crippen molar-refractivity contribution in [1.29, 1.82) is 0 Å². The second-order valence-corrected chi connectivity index (χ2v) is 8.87. The monoisotopic (exact) mass is 429 g/mol. The van der Waals surface area contributed by atoms with Gasteiger partial charge in [0.05, 0.1) is 0 Å². The van der Waals surface area contributed by atoms with Gasteiger partial charge in [-0.1, -0.05) is 42.0 Å². The molecule has 0 aliphatic rings. The third kappa shape index (κ3) is 8.02. The van der Waals surface area contributed by atoms with Crippen LogP contribution in [0, 0.1) is 12.7 Å². The van der Waals surface area contributed by atoms with Crippen LogP contribution in [0.3, 0.4) is 0 Å². The highest BCUT2D eigenvalue weighted by Gasteiger charge is 2.25. The summed E-state index contributed by atoms with van der Waals surface area (Å²) in [7, 11) is 3.74. The summed E-state index contributed by atoms with van der Waals surface area (Å²) >= 11 is 0. The molecular weight excluding hydrogens is 397 g/mol. The van der Waals surface area contributed by atoms with Crippen LogP contribution in [-0.2, 0) is 22.6 Å². The van der Waals surface area contributed by atoms with Gasteiger partial charge in [0.15, 0.2) is 0 Å². The van der Waals surface area contributed by atoms with E-state index in [-0.39, 0.29) is 12.4 Å². The summed E-state index contributed by atoms with van der Waals surface area (Å²) in [6, 6.07) is 11.3. The van der Waals surface area contributed by atoms with E-state index >= 15 is 0 Å². The van der Waals surface area contributed by atoms with Crippen LogP contribution in [0.1, 0.15) is 49.1 Å². The lowest BCUT2D eigenvalue weighted by Crippen LogP contribution is -2.42. The van der Waals surface area contributed by atoms with Gasteiger partial charge in [-0.15, -0.1) is 0 Å². The number of hydrogen-bond donors (Lipinski definition) is 2. The maximum absolute atomic E-state index is 14.3. The number of ether oxygens (including phenoxy) is 1. The summed E-state index contributed by atoms with van der Waals surface area (Å²) in [6.07, 6.45) is -0.688. The van der Waals surface area contributed by atoms with E-state index < -0.39 is 23.6 Å². The molecule has 1 atom stereocenters. The number of halogens is 1. The molecule has 0 aliphatic carbocycles. The van der Waals surface area contributed by atoms with Gasteiger partial charge < -0.3 is 20.3 Å². The van der Waals surface area contributed by atoms with Crippen LogP contribution in [-0.4, -0.2) is 36.6 Å². The topological polar surface area (TPSA) is 70.7 Å². The third-order valence-electron chi connectivity index (χ3n) is 4.40. The van der Waals surface area contributed by atoms with Crippen molar-refractivity contribution in [3.8, 4) is 0 Å². The van der Waals surface area contributed by atoms with E-state index in [9.17, 15) is 14.0 Å². The summed E-state index contributed by atoms with van der Waals surface area (Å²) < 4.78 is 19.6. The van der Waals surface area contributed by atoms with Gasteiger partial charge in [-0.25, -0.2) is 9.18 Å². The minimum Gasteiger partial charge on any atom is -0.444 e. The van der Waals surface area contributed by atoms with Gasteiger partial charge in [0.25, 0.3) is 0 Å². The average Bonchev–Trinajstić information content (AvgIpc) is 2.65. The van der Waals surface area contributed by atoms with Crippen LogP contribution in [0.15, 0.2) is 42.5 Å². The molecule has 2 aromatic rings. The quantitative estimate of drug-likeness (QED) is 0.696. The Labute approximate surface area is 183 Å². The number of alkyl carbamates (subject to hydrolysis) is 1. The molecule has 2 amide bonds. The molecule has 7 heteroatoms. The second-order valence-electron chi connectivity index (χ2n) is 8.87. The molecule has 2 N–H and O–H groups in total. The van der Waals surface area contributed by atoms with E-state index in [1.165, 1.54) is 6.07 Å². The Morgan fingerprint density at radius 2 is 1.74 bits per heavy atom. The number of rotatable bonds is 7. The van der Waals surface area contributed by atoms with Crippen LogP contribution >= 0.6 is 0 Å². The summed E-state index contributed by atoms with van der Waals surface area (Å²) in [4.78, 5) is 27.1. The number of aryl methyl sites for hydroxylation is 1. The van der Waals surface area contributed by atoms with E-state index in [1.807, 2.05) is 38.1 Å². The Morgan fingerprint density at radius 3 is 2.29 bits per heavy atom. The third-order valence-corrected chi connectivity index (χ3v) is 4.40. The smallest absolute Gasteiger partial charge is 0.408 e. The Hall–Kier alpha value is -2.93. The van der Waals surface area contributed by atoms with Gasteiger partial charge in [-0.2, -0.15) is 0 Å². The SMILES string of the molecule is Cc1ccc(C(NC(=O)OC(C)(C)C)C(=O)NCc2ccc(CN(C)C)c(F)c2)cc1. The van der Waals surface area contributed by atoms with Crippen molar-refractivity contribution in [2.24, 2.45) is 0 Å². The van der Waals surface area contributed by atoms with Crippen LogP contribution in [0.5, 0.6) is 0 Å². The zero-order valence-electron chi connectivity index (χ0n) is 19.1. The molecule has 0 bridgehead atoms. The molecule has 1 unspecified atom stereocenters. The molecule has 0 aromatic heterocycles. The number of hydrogen-bond acceptors (Lipinski definition) is 4. The maximum Gasteiger partial charge on any atom is 0.408 e. The number of benzene rings is 2. The molecule has 0 saturated carbocycles. The van der Waals surface area contributed by atoms with Crippen LogP contribution in [0.2, 0.25) is 0 Å². The van der Waals surface area contributed by atoms with Crippen molar-refractivity contribution in [2.75, 3.05) is 14.1 Å². The highest BCUT2D eigenvalue weighted by Crippen LogP contribution is 2.17. The summed E-state index contributed by atoms with van der Waals surface area (Å²) in [5.74, 6) is -0.727. The van der Waals surface area contributed by atoms with E-state index in [4.69, 9.17) is 4.74 Å². The molecule has 0 spiro atoms. The molecule has 168 valence electrons. The molecule has 0 heterocycles. The second kappa shape index (κ2) is 10.4. The maximum atomic E-state index is 14.3. The van der Waals surface area contributed by atoms with Crippen LogP contribution in [0.4, 0.5) is 9.18 Å². The molecule has 6 nitrogen and oxygen atoms in total. The van der Waals surface area contributed by atoms with E-state index in [2.05, 4.69) is 10.6 Å². The van der Waals surface area contributed by atoms with Crippen molar-refractivity contribution in [3.63, 3.8) is 0 Å². The predicted octanol–water partition coefficient (Wildman–Crippen LogP) is 4.08. The molecule has 0 radical (unpaired) electrons. The average molecular weight is 430 g/mol. The zero-order chi connectivity index (χ0) is 23.2. The lowest BCUT2D eigenvalue weighted by molar-refractivity contribution is -0.123. The normalized spacial score (nSPS) is 12.4. The first-order valence-electron chi connectivity index (χ1n) is 10.2. The van der Waals surface area contributed by atoms with E-state index in [0.717, 1.165) is 5.56 Å². The molecule has 2 aromatic carbocycles. The molecule has 2 rings (SSSR count). The largest absolute Gasteiger partial charge is 0.444 e. The minimum absolute atomic E-state index is 0.135. The first-order valence-corrected chi connectivity index (χ1v) is 10.2. The van der Waals surface area contributed by atoms with Crippen molar-refractivity contribution in [2.45, 2.75) is 52.4 Å². The molecule has 31 heavy (non-hydrogen) atoms. The van der Waals surface area contributed by atoms with E-state index in [1.54, 1.807) is 45.0 Å². The van der Waals surface area contributed by atoms with Crippen LogP contribution < -0.4 is 10.6 Å². The Balaban J connectivity index is 2.12. The molecular formula is C24H32FN3O3. The van der Waals surface area contributed by atoms with Gasteiger partial charge in [-0.05, 0) is 59.0 Å². The lowest BCUT2D eigenvalue weighted by Gasteiger charge is -2.23. The molecule has 0 aliphatic heterocycles. The first-order chi connectivity index (χ1) is 14.4. The van der Waals surface area contributed by atoms with Crippen molar-refractivity contribution < 1.29 is 18.7 Å². The van der Waals surface area contributed by atoms with Gasteiger partial charge in [-0.3, -0.25) is 4.79 Å². The lowest BCUT2D eigenvalue weighted by atomic mass is 10.0. The van der Waals surface area contributed by atoms with Gasteiger partial charge in [0, 0.05) is 18.7 Å². The number of amides is 2. The Kier molecular flexibility index (Phi) is 8.16. The van der Waals surface area contributed by atoms with Crippen molar-refractivity contribution in [1.82, 2.24) is 15.5 Å². The molecule has 0 saturated heterocycles. The standard InChI is InChI=1S/C24H32FN3O3/c1-16-7-10-18(11-8-16)21(27-23(30)31-24(2,3)4)22(29)26-14-17-9-12-19(15-28(5)6)20(25)13-17/h7-13,21H,14-15H2,1-6H3,(H,26,29)(H,27,30). The summed E-state index contributed by atoms with van der Waals surface area (Å²) in [5, 5.41) is 5.42. The molecule has 0 fully saturated rings. The Morgan fingerprint density at radius 1 is 1.10 bits per heavy atom. The van der Waals surface area contributed by atoms with Crippen molar-refractivity contribution in [3.05, 3.63) is 70.5 Å². The fourth-order valence-electron chi connectivity index (χ4n) is 2.95. The minimum atomic E-state index is -0.937. The number of carbonyl (C=O) groups excluding carboxylic acids is 2. The summed E-state index contributed by atoms with van der Waals surface area (Å²) in [6.45, 7) is 7.82. The van der Waals surface area contributed by atoms with Gasteiger partial charge in [0.1, 0.15) is 17.5 Å². The van der Waals surface area contributed by atoms with Crippen LogP contribution in [0.25, 0.3) is 0 Å². The predicted molar refractivity (Wildman–Crippen MR) is 119 cm³/mol. The number of nitrogens with one attached hydrogen (secondary N) is 2. The first kappa shape index (κ1) is 24.3. The summed E-state index contributed by atoms with van der Waals surface area (Å²) in [5.41, 5.74) is 2.19. The fourth-order valence-corrected chi connectivity index (χ4v) is 2.95. The van der Waals surface area contributed by atoms with Gasteiger partial charge >= 0.3 is 6.09 Å². The number of carbonyl (C=O) groups is 2. The fraction of sp³-hybridized carbons (Fsp3) is 0.417. The van der Waals surface area contributed by atoms with Gasteiger partial charge in [0.2, 0.25) is 5.91 Å². The van der Waals surface area contributed by atoms with Crippen molar-refractivity contribution >= 4 is 12.0 Å². The highest BCUT2D eigenvalue weighted by atomic mass is 19.1. The van der Waals surface area contributed by atoms with E-state index in [0.29, 0.717) is 23.2 Å². The number of nitrogens with zero attached hydrogens (tertiary/aromatic N) is 1. The zero-order valence-corrected chi connectivity index (χ0v) is 19.1.